The number of benzene rings is 2. The number of likely N-dealkylation sites (N-methyl/N-ethyl adjacent to an activating group) is 1. The van der Waals surface area contributed by atoms with Crippen molar-refractivity contribution >= 4 is 30.0 Å². The van der Waals surface area contributed by atoms with E-state index in [9.17, 15) is 14.4 Å². The molecule has 9 nitrogen and oxygen atoms in total. The van der Waals surface area contributed by atoms with E-state index in [1.54, 1.807) is 24.4 Å². The van der Waals surface area contributed by atoms with E-state index in [0.717, 1.165) is 11.8 Å². The fourth-order valence-electron chi connectivity index (χ4n) is 3.81. The molecule has 0 radical (unpaired) electrons. The van der Waals surface area contributed by atoms with E-state index >= 15 is 0 Å². The van der Waals surface area contributed by atoms with E-state index in [0.29, 0.717) is 22.6 Å². The first kappa shape index (κ1) is 24.6. The van der Waals surface area contributed by atoms with Crippen LogP contribution in [0, 0.1) is 0 Å². The van der Waals surface area contributed by atoms with Crippen LogP contribution in [0.2, 0.25) is 0 Å². The smallest absolute Gasteiger partial charge is 0.255 e. The molecule has 2 aromatic carbocycles. The number of nitrogens with two attached hydrogens (primary N) is 1. The Hall–Kier alpha value is -4.01. The van der Waals surface area contributed by atoms with Crippen LogP contribution in [0.3, 0.4) is 0 Å². The maximum absolute atomic E-state index is 13.0. The Morgan fingerprint density at radius 2 is 2.00 bits per heavy atom. The molecule has 3 rings (SSSR count). The Balaban J connectivity index is 1.71. The van der Waals surface area contributed by atoms with Crippen molar-refractivity contribution in [2.45, 2.75) is 38.4 Å². The van der Waals surface area contributed by atoms with Gasteiger partial charge in [0.15, 0.2) is 0 Å². The molecule has 2 atom stereocenters. The van der Waals surface area contributed by atoms with Crippen LogP contribution in [0.25, 0.3) is 0 Å². The van der Waals surface area contributed by atoms with Crippen LogP contribution < -0.4 is 15.9 Å². The highest BCUT2D eigenvalue weighted by Crippen LogP contribution is 2.33. The van der Waals surface area contributed by atoms with Crippen molar-refractivity contribution in [1.82, 2.24) is 10.2 Å². The van der Waals surface area contributed by atoms with Crippen molar-refractivity contribution in [3.63, 3.8) is 0 Å². The molecule has 1 aliphatic heterocycles. The first-order chi connectivity index (χ1) is 16.5. The summed E-state index contributed by atoms with van der Waals surface area (Å²) in [6.45, 7) is 2.24. The van der Waals surface area contributed by atoms with Crippen molar-refractivity contribution in [1.29, 1.82) is 0 Å². The lowest BCUT2D eigenvalue weighted by atomic mass is 10.1. The van der Waals surface area contributed by atoms with Gasteiger partial charge in [-0.05, 0) is 31.0 Å². The minimum absolute atomic E-state index is 0.0656. The highest BCUT2D eigenvalue weighted by Gasteiger charge is 2.37. The summed E-state index contributed by atoms with van der Waals surface area (Å²) in [5, 5.41) is 6.34. The van der Waals surface area contributed by atoms with Crippen LogP contribution in [0.1, 0.15) is 47.3 Å². The average molecular weight is 464 g/mol. The quantitative estimate of drug-likeness (QED) is 0.229. The van der Waals surface area contributed by atoms with Crippen molar-refractivity contribution < 1.29 is 19.1 Å². The molecule has 0 saturated carbocycles. The third-order valence-corrected chi connectivity index (χ3v) is 5.71. The zero-order valence-electron chi connectivity index (χ0n) is 19.3. The first-order valence-corrected chi connectivity index (χ1v) is 11.1. The van der Waals surface area contributed by atoms with Crippen LogP contribution in [-0.4, -0.2) is 54.6 Å². The molecule has 0 spiro atoms. The molecule has 1 heterocycles. The van der Waals surface area contributed by atoms with Crippen LogP contribution in [0.15, 0.2) is 58.6 Å². The van der Waals surface area contributed by atoms with Crippen LogP contribution in [-0.2, 0) is 16.1 Å². The third-order valence-electron chi connectivity index (χ3n) is 5.71. The molecule has 0 aromatic heterocycles. The van der Waals surface area contributed by atoms with Gasteiger partial charge in [-0.25, -0.2) is 0 Å². The Kier molecular flexibility index (Phi) is 8.50. The van der Waals surface area contributed by atoms with Gasteiger partial charge < -0.3 is 25.6 Å². The topological polar surface area (TPSA) is 126 Å². The number of aldehydes is 1. The first-order valence-electron chi connectivity index (χ1n) is 11.1. The summed E-state index contributed by atoms with van der Waals surface area (Å²) in [5.74, 6) is 5.45. The molecule has 2 aromatic rings. The fourth-order valence-corrected chi connectivity index (χ4v) is 3.81. The standard InChI is InChI=1S/C25H29N5O4/c1-17(18-8-4-3-5-9-18)28-14-19(29-26)16-34-23-12-6-10-20-21(23)15-30(25(20)33)22(11-7-13-31)24(32)27-2/h3-6,8-10,12-14,17,22H,7,11,15-16,26H2,1-2H3,(H,27,32)/t17-,22?/m0/s1. The SMILES string of the molecule is CNC(=O)C(CCC=O)N1Cc2c(OCC(C=N[C@@H](C)c3ccccc3)=NN)cccc2C1=O. The number of carbonyl (C=O) groups excluding carboxylic acids is 3. The Bertz CT molecular complexity index is 1080. The minimum Gasteiger partial charge on any atom is -0.487 e. The number of hydrogen-bond donors (Lipinski definition) is 2. The van der Waals surface area contributed by atoms with Gasteiger partial charge in [-0.2, -0.15) is 5.10 Å². The molecule has 2 amide bonds. The molecule has 1 aliphatic rings. The van der Waals surface area contributed by atoms with E-state index in [4.69, 9.17) is 10.6 Å². The van der Waals surface area contributed by atoms with Gasteiger partial charge >= 0.3 is 0 Å². The number of nitrogens with one attached hydrogen (secondary N) is 1. The highest BCUT2D eigenvalue weighted by atomic mass is 16.5. The lowest BCUT2D eigenvalue weighted by Gasteiger charge is -2.25. The van der Waals surface area contributed by atoms with Gasteiger partial charge in [0, 0.05) is 30.8 Å². The minimum atomic E-state index is -0.740. The van der Waals surface area contributed by atoms with Gasteiger partial charge in [-0.3, -0.25) is 14.6 Å². The number of aliphatic imine (C=N–C) groups is 1. The van der Waals surface area contributed by atoms with E-state index < -0.39 is 6.04 Å². The third kappa shape index (κ3) is 5.67. The summed E-state index contributed by atoms with van der Waals surface area (Å²) in [4.78, 5) is 42.2. The maximum atomic E-state index is 13.0. The van der Waals surface area contributed by atoms with E-state index in [-0.39, 0.29) is 43.8 Å². The molecule has 178 valence electrons. The van der Waals surface area contributed by atoms with E-state index in [1.165, 1.54) is 11.9 Å². The number of hydrogen-bond acceptors (Lipinski definition) is 7. The highest BCUT2D eigenvalue weighted by molar-refractivity contribution is 6.31. The lowest BCUT2D eigenvalue weighted by Crippen LogP contribution is -2.46. The van der Waals surface area contributed by atoms with Crippen molar-refractivity contribution in [3.05, 3.63) is 65.2 Å². The second kappa shape index (κ2) is 11.7. The second-order valence-corrected chi connectivity index (χ2v) is 7.86. The second-order valence-electron chi connectivity index (χ2n) is 7.86. The number of amides is 2. The molecule has 1 unspecified atom stereocenters. The zero-order valence-corrected chi connectivity index (χ0v) is 19.3. The van der Waals surface area contributed by atoms with Crippen LogP contribution >= 0.6 is 0 Å². The Labute approximate surface area is 198 Å². The number of fused-ring (bicyclic) bond motifs is 1. The van der Waals surface area contributed by atoms with Gasteiger partial charge in [0.2, 0.25) is 5.91 Å². The lowest BCUT2D eigenvalue weighted by molar-refractivity contribution is -0.125. The molecular weight excluding hydrogens is 434 g/mol. The largest absolute Gasteiger partial charge is 0.487 e. The zero-order chi connectivity index (χ0) is 24.5. The van der Waals surface area contributed by atoms with Gasteiger partial charge in [0.05, 0.1) is 12.6 Å². The van der Waals surface area contributed by atoms with E-state index in [2.05, 4.69) is 15.4 Å². The van der Waals surface area contributed by atoms with Gasteiger partial charge in [0.1, 0.15) is 30.4 Å². The van der Waals surface area contributed by atoms with Crippen LogP contribution in [0.5, 0.6) is 5.75 Å². The summed E-state index contributed by atoms with van der Waals surface area (Å²) in [5.41, 5.74) is 2.65. The molecule has 34 heavy (non-hydrogen) atoms. The maximum Gasteiger partial charge on any atom is 0.255 e. The number of nitrogens with zero attached hydrogens (tertiary/aromatic N) is 3. The average Bonchev–Trinajstić information content (AvgIpc) is 3.21. The van der Waals surface area contributed by atoms with Gasteiger partial charge in [-0.15, -0.1) is 0 Å². The molecule has 0 saturated heterocycles. The van der Waals surface area contributed by atoms with Crippen molar-refractivity contribution in [2.24, 2.45) is 15.9 Å². The molecule has 3 N–H and O–H groups in total. The summed E-state index contributed by atoms with van der Waals surface area (Å²) >= 11 is 0. The van der Waals surface area contributed by atoms with Gasteiger partial charge in [-0.1, -0.05) is 36.4 Å². The summed E-state index contributed by atoms with van der Waals surface area (Å²) in [6, 6.07) is 14.2. The molecule has 9 heteroatoms. The van der Waals surface area contributed by atoms with Crippen molar-refractivity contribution in [2.75, 3.05) is 13.7 Å². The van der Waals surface area contributed by atoms with Gasteiger partial charge in [0.25, 0.3) is 5.91 Å². The number of hydrazone groups is 1. The summed E-state index contributed by atoms with van der Waals surface area (Å²) in [6.07, 6.45) is 2.75. The normalized spacial score (nSPS) is 15.2. The summed E-state index contributed by atoms with van der Waals surface area (Å²) < 4.78 is 5.95. The molecular formula is C25H29N5O4. The number of ether oxygens (including phenoxy) is 1. The predicted molar refractivity (Wildman–Crippen MR) is 130 cm³/mol. The fraction of sp³-hybridized carbons (Fsp3) is 0.320. The van der Waals surface area contributed by atoms with Crippen molar-refractivity contribution in [3.8, 4) is 5.75 Å². The molecule has 0 bridgehead atoms. The Morgan fingerprint density at radius 3 is 2.68 bits per heavy atom. The molecule has 0 fully saturated rings. The Morgan fingerprint density at radius 1 is 1.24 bits per heavy atom. The van der Waals surface area contributed by atoms with Crippen LogP contribution in [0.4, 0.5) is 0 Å². The molecule has 0 aliphatic carbocycles. The monoisotopic (exact) mass is 463 g/mol. The summed E-state index contributed by atoms with van der Waals surface area (Å²) in [7, 11) is 1.51. The predicted octanol–water partition coefficient (Wildman–Crippen LogP) is 2.26. The number of carbonyl (C=O) groups is 3. The van der Waals surface area contributed by atoms with E-state index in [1.807, 2.05) is 37.3 Å². The number of rotatable bonds is 11.